The maximum Gasteiger partial charge on any atom is 0.254 e. The van der Waals surface area contributed by atoms with Crippen molar-refractivity contribution in [2.45, 2.75) is 38.3 Å². The summed E-state index contributed by atoms with van der Waals surface area (Å²) in [6.45, 7) is 3.67. The first-order chi connectivity index (χ1) is 12.5. The smallest absolute Gasteiger partial charge is 0.254 e. The van der Waals surface area contributed by atoms with Crippen molar-refractivity contribution in [3.63, 3.8) is 0 Å². The first-order valence-electron chi connectivity index (χ1n) is 9.40. The molecule has 2 fully saturated rings. The van der Waals surface area contributed by atoms with Crippen LogP contribution in [0.3, 0.4) is 0 Å². The summed E-state index contributed by atoms with van der Waals surface area (Å²) in [6.07, 6.45) is 2.34. The Morgan fingerprint density at radius 2 is 1.92 bits per heavy atom. The van der Waals surface area contributed by atoms with Crippen molar-refractivity contribution in [3.05, 3.63) is 34.4 Å². The third-order valence-corrected chi connectivity index (χ3v) is 6.13. The van der Waals surface area contributed by atoms with E-state index >= 15 is 0 Å². The van der Waals surface area contributed by atoms with Crippen LogP contribution in [-0.2, 0) is 22.4 Å². The number of aliphatic hydroxyl groups is 1. The van der Waals surface area contributed by atoms with Gasteiger partial charge in [-0.25, -0.2) is 0 Å². The zero-order valence-corrected chi connectivity index (χ0v) is 15.4. The summed E-state index contributed by atoms with van der Waals surface area (Å²) >= 11 is 0. The van der Waals surface area contributed by atoms with Crippen LogP contribution in [0.2, 0.25) is 0 Å². The van der Waals surface area contributed by atoms with Gasteiger partial charge in [-0.05, 0) is 48.9 Å². The van der Waals surface area contributed by atoms with E-state index < -0.39 is 6.10 Å². The van der Waals surface area contributed by atoms with Crippen LogP contribution in [0, 0.1) is 12.8 Å². The van der Waals surface area contributed by atoms with E-state index in [1.807, 2.05) is 12.1 Å². The van der Waals surface area contributed by atoms with E-state index in [0.29, 0.717) is 19.8 Å². The first-order valence-corrected chi connectivity index (χ1v) is 9.40. The third-order valence-electron chi connectivity index (χ3n) is 6.13. The van der Waals surface area contributed by atoms with E-state index in [2.05, 4.69) is 6.92 Å². The van der Waals surface area contributed by atoms with Gasteiger partial charge < -0.3 is 19.6 Å². The summed E-state index contributed by atoms with van der Waals surface area (Å²) in [4.78, 5) is 28.8. The molecule has 3 aliphatic rings. The second kappa shape index (κ2) is 6.67. The van der Waals surface area contributed by atoms with Crippen LogP contribution in [0.4, 0.5) is 0 Å². The highest BCUT2D eigenvalue weighted by Gasteiger charge is 2.41. The van der Waals surface area contributed by atoms with Gasteiger partial charge in [0.15, 0.2) is 0 Å². The van der Waals surface area contributed by atoms with Crippen LogP contribution < -0.4 is 0 Å². The monoisotopic (exact) mass is 358 g/mol. The molecule has 6 heteroatoms. The number of hydrogen-bond acceptors (Lipinski definition) is 4. The zero-order chi connectivity index (χ0) is 18.4. The average molecular weight is 358 g/mol. The summed E-state index contributed by atoms with van der Waals surface area (Å²) < 4.78 is 5.09. The van der Waals surface area contributed by atoms with Crippen molar-refractivity contribution in [1.82, 2.24) is 9.80 Å². The summed E-state index contributed by atoms with van der Waals surface area (Å²) in [6, 6.07) is 3.56. The second-order valence-electron chi connectivity index (χ2n) is 7.77. The molecule has 0 aromatic heterocycles. The molecule has 0 spiro atoms. The first kappa shape index (κ1) is 17.5. The van der Waals surface area contributed by atoms with Crippen LogP contribution in [-0.4, -0.2) is 72.2 Å². The summed E-state index contributed by atoms with van der Waals surface area (Å²) in [5.74, 6) is -0.134. The predicted octanol–water partition coefficient (Wildman–Crippen LogP) is 0.774. The van der Waals surface area contributed by atoms with Crippen molar-refractivity contribution in [3.8, 4) is 0 Å². The van der Waals surface area contributed by atoms with Gasteiger partial charge in [0, 0.05) is 25.7 Å². The van der Waals surface area contributed by atoms with Crippen LogP contribution in [0.15, 0.2) is 12.1 Å². The third kappa shape index (κ3) is 2.81. The quantitative estimate of drug-likeness (QED) is 0.867. The predicted molar refractivity (Wildman–Crippen MR) is 96.0 cm³/mol. The molecule has 0 saturated carbocycles. The Kier molecular flexibility index (Phi) is 4.49. The normalized spacial score (nSPS) is 25.1. The van der Waals surface area contributed by atoms with Gasteiger partial charge in [0.05, 0.1) is 31.3 Å². The minimum Gasteiger partial charge on any atom is -0.389 e. The highest BCUT2D eigenvalue weighted by Crippen LogP contribution is 2.30. The standard InChI is InChI=1S/C20H26N2O4/c1-12-6-7-16(15-5-3-4-14(12)15)20(25)21(2)17-8-22(9-18(17)23)19(24)13-10-26-11-13/h6-7,13,17-18,23H,3-5,8-11H2,1-2H3/t17-,18-/m1/s1. The van der Waals surface area contributed by atoms with E-state index in [9.17, 15) is 14.7 Å². The van der Waals surface area contributed by atoms with Gasteiger partial charge in [0.25, 0.3) is 5.91 Å². The van der Waals surface area contributed by atoms with Gasteiger partial charge in [-0.3, -0.25) is 9.59 Å². The Morgan fingerprint density at radius 3 is 2.62 bits per heavy atom. The number of ether oxygens (including phenoxy) is 1. The number of hydrogen-bond donors (Lipinski definition) is 1. The number of likely N-dealkylation sites (N-methyl/N-ethyl adjacent to an activating group) is 1. The van der Waals surface area contributed by atoms with Crippen molar-refractivity contribution in [2.75, 3.05) is 33.4 Å². The van der Waals surface area contributed by atoms with Crippen molar-refractivity contribution in [2.24, 2.45) is 5.92 Å². The van der Waals surface area contributed by atoms with Gasteiger partial charge in [0.2, 0.25) is 5.91 Å². The lowest BCUT2D eigenvalue weighted by Crippen LogP contribution is -2.46. The van der Waals surface area contributed by atoms with Crippen molar-refractivity contribution in [1.29, 1.82) is 0 Å². The largest absolute Gasteiger partial charge is 0.389 e. The molecule has 1 aromatic carbocycles. The maximum atomic E-state index is 13.1. The Bertz CT molecular complexity index is 744. The Hall–Kier alpha value is -1.92. The van der Waals surface area contributed by atoms with Gasteiger partial charge in [-0.15, -0.1) is 0 Å². The highest BCUT2D eigenvalue weighted by atomic mass is 16.5. The lowest BCUT2D eigenvalue weighted by atomic mass is 9.97. The van der Waals surface area contributed by atoms with Crippen LogP contribution in [0.1, 0.15) is 33.5 Å². The fourth-order valence-electron chi connectivity index (χ4n) is 4.39. The second-order valence-corrected chi connectivity index (χ2v) is 7.77. The van der Waals surface area contributed by atoms with Gasteiger partial charge >= 0.3 is 0 Å². The molecule has 4 rings (SSSR count). The number of β-amino-alcohol motifs (C(OH)–C–C–N with tert-alkyl or cyclic N) is 1. The number of nitrogens with zero attached hydrogens (tertiary/aromatic N) is 2. The molecule has 0 unspecified atom stereocenters. The minimum absolute atomic E-state index is 0.0230. The summed E-state index contributed by atoms with van der Waals surface area (Å²) in [7, 11) is 1.73. The molecule has 1 N–H and O–H groups in total. The van der Waals surface area contributed by atoms with Crippen molar-refractivity contribution < 1.29 is 19.4 Å². The molecule has 26 heavy (non-hydrogen) atoms. The lowest BCUT2D eigenvalue weighted by molar-refractivity contribution is -0.149. The molecule has 6 nitrogen and oxygen atoms in total. The molecule has 0 radical (unpaired) electrons. The fourth-order valence-corrected chi connectivity index (χ4v) is 4.39. The molecular formula is C20H26N2O4. The molecule has 1 aromatic rings. The molecule has 2 heterocycles. The van der Waals surface area contributed by atoms with Crippen LogP contribution in [0.5, 0.6) is 0 Å². The minimum atomic E-state index is -0.715. The van der Waals surface area contributed by atoms with Gasteiger partial charge in [0.1, 0.15) is 0 Å². The SMILES string of the molecule is Cc1ccc(C(=O)N(C)[C@@H]2CN(C(=O)C3COC3)C[C@H]2O)c2c1CCC2. The summed E-state index contributed by atoms with van der Waals surface area (Å²) in [5, 5.41) is 10.5. The number of benzene rings is 1. The van der Waals surface area contributed by atoms with E-state index in [1.165, 1.54) is 11.1 Å². The van der Waals surface area contributed by atoms with E-state index in [1.54, 1.807) is 16.8 Å². The van der Waals surface area contributed by atoms with Crippen LogP contribution >= 0.6 is 0 Å². The van der Waals surface area contributed by atoms with Crippen LogP contribution in [0.25, 0.3) is 0 Å². The number of fused-ring (bicyclic) bond motifs is 1. The molecule has 0 bridgehead atoms. The lowest BCUT2D eigenvalue weighted by Gasteiger charge is -2.30. The van der Waals surface area contributed by atoms with Crippen molar-refractivity contribution >= 4 is 11.8 Å². The van der Waals surface area contributed by atoms with E-state index in [0.717, 1.165) is 30.4 Å². The maximum absolute atomic E-state index is 13.1. The number of amides is 2. The number of rotatable bonds is 3. The molecule has 2 atom stereocenters. The highest BCUT2D eigenvalue weighted by molar-refractivity contribution is 5.96. The summed E-state index contributed by atoms with van der Waals surface area (Å²) in [5.41, 5.74) is 4.46. The number of aryl methyl sites for hydroxylation is 1. The molecule has 2 aliphatic heterocycles. The molecule has 2 amide bonds. The van der Waals surface area contributed by atoms with E-state index in [-0.39, 0.29) is 30.3 Å². The Balaban J connectivity index is 1.51. The number of carbonyl (C=O) groups excluding carboxylic acids is 2. The Morgan fingerprint density at radius 1 is 1.19 bits per heavy atom. The van der Waals surface area contributed by atoms with E-state index in [4.69, 9.17) is 4.74 Å². The van der Waals surface area contributed by atoms with Gasteiger partial charge in [-0.1, -0.05) is 6.07 Å². The Labute approximate surface area is 153 Å². The topological polar surface area (TPSA) is 70.1 Å². The average Bonchev–Trinajstić information content (AvgIpc) is 3.20. The molecule has 2 saturated heterocycles. The molecule has 1 aliphatic carbocycles. The fraction of sp³-hybridized carbons (Fsp3) is 0.600. The number of likely N-dealkylation sites (tertiary alicyclic amines) is 1. The number of aliphatic hydroxyl groups excluding tert-OH is 1. The zero-order valence-electron chi connectivity index (χ0n) is 15.4. The number of carbonyl (C=O) groups is 2. The molecular weight excluding hydrogens is 332 g/mol. The molecule has 140 valence electrons. The van der Waals surface area contributed by atoms with Gasteiger partial charge in [-0.2, -0.15) is 0 Å².